The molecule has 0 amide bonds. The SMILES string of the molecule is CCc1ccccc1-c1ccc(C=O)nc1. The first-order valence-electron chi connectivity index (χ1n) is 5.34. The van der Waals surface area contributed by atoms with E-state index >= 15 is 0 Å². The smallest absolute Gasteiger partial charge is 0.168 e. The van der Waals surface area contributed by atoms with Gasteiger partial charge in [0.15, 0.2) is 6.29 Å². The van der Waals surface area contributed by atoms with E-state index in [1.54, 1.807) is 12.3 Å². The van der Waals surface area contributed by atoms with Crippen molar-refractivity contribution in [3.8, 4) is 11.1 Å². The molecular formula is C14H13NO. The van der Waals surface area contributed by atoms with Crippen LogP contribution < -0.4 is 0 Å². The summed E-state index contributed by atoms with van der Waals surface area (Å²) in [7, 11) is 0. The fourth-order valence-corrected chi connectivity index (χ4v) is 1.74. The van der Waals surface area contributed by atoms with Crippen LogP contribution in [0.15, 0.2) is 42.6 Å². The van der Waals surface area contributed by atoms with Crippen LogP contribution in [0.5, 0.6) is 0 Å². The molecule has 0 saturated heterocycles. The Balaban J connectivity index is 2.45. The molecule has 0 radical (unpaired) electrons. The number of carbonyl (C=O) groups excluding carboxylic acids is 1. The summed E-state index contributed by atoms with van der Waals surface area (Å²) < 4.78 is 0. The lowest BCUT2D eigenvalue weighted by atomic mass is 9.99. The van der Waals surface area contributed by atoms with Gasteiger partial charge in [-0.1, -0.05) is 37.3 Å². The quantitative estimate of drug-likeness (QED) is 0.730. The van der Waals surface area contributed by atoms with Gasteiger partial charge in [-0.3, -0.25) is 9.78 Å². The van der Waals surface area contributed by atoms with Crippen LogP contribution in [0.25, 0.3) is 11.1 Å². The van der Waals surface area contributed by atoms with Crippen LogP contribution in [-0.2, 0) is 6.42 Å². The topological polar surface area (TPSA) is 30.0 Å². The van der Waals surface area contributed by atoms with Crippen molar-refractivity contribution in [2.24, 2.45) is 0 Å². The number of nitrogens with zero attached hydrogens (tertiary/aromatic N) is 1. The Kier molecular flexibility index (Phi) is 3.10. The van der Waals surface area contributed by atoms with Crippen LogP contribution in [0, 0.1) is 0 Å². The predicted octanol–water partition coefficient (Wildman–Crippen LogP) is 3.12. The molecule has 0 spiro atoms. The van der Waals surface area contributed by atoms with E-state index in [4.69, 9.17) is 0 Å². The van der Waals surface area contributed by atoms with Crippen LogP contribution in [0.3, 0.4) is 0 Å². The van der Waals surface area contributed by atoms with E-state index in [1.165, 1.54) is 11.1 Å². The van der Waals surface area contributed by atoms with E-state index in [2.05, 4.69) is 24.0 Å². The lowest BCUT2D eigenvalue weighted by Crippen LogP contribution is -1.90. The molecule has 2 nitrogen and oxygen atoms in total. The Morgan fingerprint density at radius 3 is 2.62 bits per heavy atom. The summed E-state index contributed by atoms with van der Waals surface area (Å²) in [6.07, 6.45) is 3.50. The number of aromatic nitrogens is 1. The zero-order valence-corrected chi connectivity index (χ0v) is 9.18. The second-order valence-electron chi connectivity index (χ2n) is 3.60. The molecule has 1 aromatic heterocycles. The zero-order valence-electron chi connectivity index (χ0n) is 9.18. The second-order valence-corrected chi connectivity index (χ2v) is 3.60. The maximum atomic E-state index is 10.5. The van der Waals surface area contributed by atoms with E-state index in [1.807, 2.05) is 18.2 Å². The molecule has 0 saturated carbocycles. The third-order valence-corrected chi connectivity index (χ3v) is 2.62. The lowest BCUT2D eigenvalue weighted by Gasteiger charge is -2.07. The average Bonchev–Trinajstić information content (AvgIpc) is 2.39. The Morgan fingerprint density at radius 2 is 2.00 bits per heavy atom. The van der Waals surface area contributed by atoms with Gasteiger partial charge in [0.2, 0.25) is 0 Å². The van der Waals surface area contributed by atoms with Crippen LogP contribution >= 0.6 is 0 Å². The van der Waals surface area contributed by atoms with Crippen LogP contribution in [0.2, 0.25) is 0 Å². The molecule has 80 valence electrons. The summed E-state index contributed by atoms with van der Waals surface area (Å²) in [5.74, 6) is 0. The number of carbonyl (C=O) groups is 1. The number of hydrogen-bond donors (Lipinski definition) is 0. The van der Waals surface area contributed by atoms with Gasteiger partial charge in [0.1, 0.15) is 5.69 Å². The van der Waals surface area contributed by atoms with Crippen molar-refractivity contribution in [2.45, 2.75) is 13.3 Å². The number of aldehydes is 1. The maximum Gasteiger partial charge on any atom is 0.168 e. The summed E-state index contributed by atoms with van der Waals surface area (Å²) in [6, 6.07) is 11.9. The van der Waals surface area contributed by atoms with Gasteiger partial charge in [0, 0.05) is 11.8 Å². The molecule has 0 bridgehead atoms. The van der Waals surface area contributed by atoms with Crippen molar-refractivity contribution < 1.29 is 4.79 Å². The average molecular weight is 211 g/mol. The van der Waals surface area contributed by atoms with Gasteiger partial charge >= 0.3 is 0 Å². The first kappa shape index (κ1) is 10.6. The van der Waals surface area contributed by atoms with Gasteiger partial charge < -0.3 is 0 Å². The Morgan fingerprint density at radius 1 is 1.19 bits per heavy atom. The van der Waals surface area contributed by atoms with Crippen molar-refractivity contribution in [2.75, 3.05) is 0 Å². The highest BCUT2D eigenvalue weighted by atomic mass is 16.1. The van der Waals surface area contributed by atoms with Gasteiger partial charge in [0.05, 0.1) is 0 Å². The van der Waals surface area contributed by atoms with Crippen molar-refractivity contribution in [1.82, 2.24) is 4.98 Å². The van der Waals surface area contributed by atoms with Crippen molar-refractivity contribution >= 4 is 6.29 Å². The molecule has 1 aromatic carbocycles. The van der Waals surface area contributed by atoms with Crippen molar-refractivity contribution in [1.29, 1.82) is 0 Å². The van der Waals surface area contributed by atoms with Gasteiger partial charge in [-0.25, -0.2) is 0 Å². The fraction of sp³-hybridized carbons (Fsp3) is 0.143. The van der Waals surface area contributed by atoms with E-state index in [0.717, 1.165) is 18.3 Å². The molecule has 2 rings (SSSR count). The minimum absolute atomic E-state index is 0.470. The Bertz CT molecular complexity index is 488. The molecule has 0 aliphatic rings. The molecule has 0 N–H and O–H groups in total. The monoisotopic (exact) mass is 211 g/mol. The predicted molar refractivity (Wildman–Crippen MR) is 64.4 cm³/mol. The molecular weight excluding hydrogens is 198 g/mol. The van der Waals surface area contributed by atoms with Crippen LogP contribution in [-0.4, -0.2) is 11.3 Å². The van der Waals surface area contributed by atoms with Crippen molar-refractivity contribution in [3.63, 3.8) is 0 Å². The van der Waals surface area contributed by atoms with E-state index in [9.17, 15) is 4.79 Å². The maximum absolute atomic E-state index is 10.5. The summed E-state index contributed by atoms with van der Waals surface area (Å²) in [5.41, 5.74) is 4.01. The standard InChI is InChI=1S/C14H13NO/c1-2-11-5-3-4-6-14(11)12-7-8-13(10-16)15-9-12/h3-10H,2H2,1H3. The highest BCUT2D eigenvalue weighted by Gasteiger charge is 2.03. The number of rotatable bonds is 3. The normalized spacial score (nSPS) is 10.1. The number of benzene rings is 1. The van der Waals surface area contributed by atoms with Gasteiger partial charge in [-0.2, -0.15) is 0 Å². The van der Waals surface area contributed by atoms with Gasteiger partial charge in [-0.15, -0.1) is 0 Å². The minimum atomic E-state index is 0.470. The minimum Gasteiger partial charge on any atom is -0.296 e. The van der Waals surface area contributed by atoms with E-state index < -0.39 is 0 Å². The molecule has 2 aromatic rings. The molecule has 1 heterocycles. The lowest BCUT2D eigenvalue weighted by molar-refractivity contribution is 0.111. The highest BCUT2D eigenvalue weighted by molar-refractivity contribution is 5.74. The zero-order chi connectivity index (χ0) is 11.4. The summed E-state index contributed by atoms with van der Waals surface area (Å²) in [5, 5.41) is 0. The first-order valence-corrected chi connectivity index (χ1v) is 5.34. The second kappa shape index (κ2) is 4.71. The molecule has 0 fully saturated rings. The third-order valence-electron chi connectivity index (χ3n) is 2.62. The Labute approximate surface area is 95.0 Å². The molecule has 0 atom stereocenters. The molecule has 2 heteroatoms. The molecule has 16 heavy (non-hydrogen) atoms. The van der Waals surface area contributed by atoms with E-state index in [0.29, 0.717) is 5.69 Å². The summed E-state index contributed by atoms with van der Waals surface area (Å²) in [6.45, 7) is 2.13. The molecule has 0 aliphatic heterocycles. The number of pyridine rings is 1. The summed E-state index contributed by atoms with van der Waals surface area (Å²) >= 11 is 0. The summed E-state index contributed by atoms with van der Waals surface area (Å²) in [4.78, 5) is 14.6. The number of aryl methyl sites for hydroxylation is 1. The van der Waals surface area contributed by atoms with Crippen LogP contribution in [0.1, 0.15) is 23.0 Å². The number of hydrogen-bond acceptors (Lipinski definition) is 2. The highest BCUT2D eigenvalue weighted by Crippen LogP contribution is 2.23. The third kappa shape index (κ3) is 2.01. The molecule has 0 unspecified atom stereocenters. The van der Waals surface area contributed by atoms with Gasteiger partial charge in [-0.05, 0) is 23.6 Å². The fourth-order valence-electron chi connectivity index (χ4n) is 1.74. The van der Waals surface area contributed by atoms with Gasteiger partial charge in [0.25, 0.3) is 0 Å². The largest absolute Gasteiger partial charge is 0.296 e. The Hall–Kier alpha value is -1.96. The first-order chi connectivity index (χ1) is 7.85. The van der Waals surface area contributed by atoms with Crippen molar-refractivity contribution in [3.05, 3.63) is 53.9 Å². The van der Waals surface area contributed by atoms with E-state index in [-0.39, 0.29) is 0 Å². The van der Waals surface area contributed by atoms with Crippen LogP contribution in [0.4, 0.5) is 0 Å². The molecule has 0 aliphatic carbocycles.